The largest absolute Gasteiger partial charge is 0.388 e. The summed E-state index contributed by atoms with van der Waals surface area (Å²) in [6.45, 7) is 0.403. The van der Waals surface area contributed by atoms with Gasteiger partial charge in [0.15, 0.2) is 12.4 Å². The standard InChI is InChI=1S/C8H12N4O/c1-12-8(9-6-10-12)5-13-11-7-3-2-4-7/h6H,2-5H2,1H3. The predicted molar refractivity (Wildman–Crippen MR) is 47.1 cm³/mol. The van der Waals surface area contributed by atoms with Crippen LogP contribution in [0, 0.1) is 0 Å². The molecule has 0 N–H and O–H groups in total. The summed E-state index contributed by atoms with van der Waals surface area (Å²) in [6, 6.07) is 0. The molecule has 0 saturated heterocycles. The maximum Gasteiger partial charge on any atom is 0.176 e. The Kier molecular flexibility index (Phi) is 2.25. The Balaban J connectivity index is 1.82. The molecule has 1 heterocycles. The third-order valence-corrected chi connectivity index (χ3v) is 2.12. The highest BCUT2D eigenvalue weighted by Gasteiger charge is 2.10. The minimum absolute atomic E-state index is 0.403. The smallest absolute Gasteiger partial charge is 0.176 e. The lowest BCUT2D eigenvalue weighted by atomic mass is 9.98. The lowest BCUT2D eigenvalue weighted by Gasteiger charge is -2.12. The Bertz CT molecular complexity index is 312. The van der Waals surface area contributed by atoms with E-state index in [2.05, 4.69) is 15.2 Å². The average molecular weight is 180 g/mol. The highest BCUT2D eigenvalue weighted by Crippen LogP contribution is 2.14. The fraction of sp³-hybridized carbons (Fsp3) is 0.625. The van der Waals surface area contributed by atoms with E-state index in [1.165, 1.54) is 12.7 Å². The second kappa shape index (κ2) is 3.55. The summed E-state index contributed by atoms with van der Waals surface area (Å²) >= 11 is 0. The molecule has 13 heavy (non-hydrogen) atoms. The van der Waals surface area contributed by atoms with Gasteiger partial charge in [-0.2, -0.15) is 5.10 Å². The molecule has 1 fully saturated rings. The van der Waals surface area contributed by atoms with E-state index in [0.29, 0.717) is 6.61 Å². The number of oxime groups is 1. The maximum atomic E-state index is 5.13. The molecule has 1 aromatic heterocycles. The Hall–Kier alpha value is -1.39. The van der Waals surface area contributed by atoms with Gasteiger partial charge in [0.25, 0.3) is 0 Å². The molecule has 1 aliphatic rings. The Labute approximate surface area is 76.4 Å². The van der Waals surface area contributed by atoms with Crippen LogP contribution in [-0.4, -0.2) is 20.5 Å². The number of aryl methyl sites for hydroxylation is 1. The fourth-order valence-corrected chi connectivity index (χ4v) is 1.06. The van der Waals surface area contributed by atoms with Crippen molar-refractivity contribution >= 4 is 5.71 Å². The van der Waals surface area contributed by atoms with Crippen LogP contribution in [0.1, 0.15) is 25.1 Å². The van der Waals surface area contributed by atoms with Crippen LogP contribution in [0.15, 0.2) is 11.5 Å². The summed E-state index contributed by atoms with van der Waals surface area (Å²) in [5, 5.41) is 7.91. The number of aromatic nitrogens is 3. The van der Waals surface area contributed by atoms with Gasteiger partial charge < -0.3 is 4.84 Å². The summed E-state index contributed by atoms with van der Waals surface area (Å²) in [6.07, 6.45) is 4.92. The second-order valence-corrected chi connectivity index (χ2v) is 3.08. The topological polar surface area (TPSA) is 52.3 Å². The van der Waals surface area contributed by atoms with E-state index in [-0.39, 0.29) is 0 Å². The molecule has 2 rings (SSSR count). The Morgan fingerprint density at radius 1 is 1.62 bits per heavy atom. The zero-order valence-corrected chi connectivity index (χ0v) is 7.60. The lowest BCUT2D eigenvalue weighted by molar-refractivity contribution is 0.119. The molecule has 1 aliphatic carbocycles. The van der Waals surface area contributed by atoms with Gasteiger partial charge in [0, 0.05) is 7.05 Å². The summed E-state index contributed by atoms with van der Waals surface area (Å²) in [4.78, 5) is 9.14. The summed E-state index contributed by atoms with van der Waals surface area (Å²) in [7, 11) is 1.84. The minimum atomic E-state index is 0.403. The molecule has 5 nitrogen and oxygen atoms in total. The van der Waals surface area contributed by atoms with Crippen molar-refractivity contribution in [1.82, 2.24) is 14.8 Å². The van der Waals surface area contributed by atoms with Gasteiger partial charge in [-0.1, -0.05) is 5.16 Å². The number of hydrogen-bond acceptors (Lipinski definition) is 4. The van der Waals surface area contributed by atoms with Crippen molar-refractivity contribution in [3.63, 3.8) is 0 Å². The van der Waals surface area contributed by atoms with Crippen LogP contribution < -0.4 is 0 Å². The molecule has 0 unspecified atom stereocenters. The first kappa shape index (κ1) is 8.22. The van der Waals surface area contributed by atoms with Crippen LogP contribution in [0.25, 0.3) is 0 Å². The Morgan fingerprint density at radius 2 is 2.46 bits per heavy atom. The van der Waals surface area contributed by atoms with E-state index in [1.807, 2.05) is 7.05 Å². The molecule has 1 saturated carbocycles. The summed E-state index contributed by atoms with van der Waals surface area (Å²) in [5.74, 6) is 0.795. The average Bonchev–Trinajstić information content (AvgIpc) is 2.42. The van der Waals surface area contributed by atoms with Gasteiger partial charge in [-0.05, 0) is 19.3 Å². The van der Waals surface area contributed by atoms with E-state index in [0.717, 1.165) is 24.4 Å². The highest BCUT2D eigenvalue weighted by molar-refractivity contribution is 5.88. The lowest BCUT2D eigenvalue weighted by Crippen LogP contribution is -2.10. The minimum Gasteiger partial charge on any atom is -0.388 e. The number of nitrogens with zero attached hydrogens (tertiary/aromatic N) is 4. The van der Waals surface area contributed by atoms with Crippen molar-refractivity contribution in [1.29, 1.82) is 0 Å². The van der Waals surface area contributed by atoms with E-state index < -0.39 is 0 Å². The highest BCUT2D eigenvalue weighted by atomic mass is 16.6. The molecule has 0 atom stereocenters. The van der Waals surface area contributed by atoms with Gasteiger partial charge in [0.05, 0.1) is 5.71 Å². The zero-order valence-electron chi connectivity index (χ0n) is 7.60. The van der Waals surface area contributed by atoms with Gasteiger partial charge in [0.2, 0.25) is 0 Å². The van der Waals surface area contributed by atoms with Crippen LogP contribution in [0.5, 0.6) is 0 Å². The molecule has 5 heteroatoms. The molecule has 1 aromatic rings. The van der Waals surface area contributed by atoms with Crippen LogP contribution >= 0.6 is 0 Å². The third kappa shape index (κ3) is 1.85. The van der Waals surface area contributed by atoms with Crippen molar-refractivity contribution in [2.45, 2.75) is 25.9 Å². The van der Waals surface area contributed by atoms with Crippen molar-refractivity contribution < 1.29 is 4.84 Å². The van der Waals surface area contributed by atoms with Crippen molar-refractivity contribution in [2.24, 2.45) is 12.2 Å². The maximum absolute atomic E-state index is 5.13. The van der Waals surface area contributed by atoms with E-state index in [1.54, 1.807) is 4.68 Å². The normalized spacial score (nSPS) is 15.3. The van der Waals surface area contributed by atoms with E-state index in [9.17, 15) is 0 Å². The second-order valence-electron chi connectivity index (χ2n) is 3.08. The van der Waals surface area contributed by atoms with Gasteiger partial charge in [-0.25, -0.2) is 9.67 Å². The molecule has 0 amide bonds. The summed E-state index contributed by atoms with van der Waals surface area (Å²) < 4.78 is 1.68. The van der Waals surface area contributed by atoms with Gasteiger partial charge in [-0.15, -0.1) is 0 Å². The molecule has 0 spiro atoms. The van der Waals surface area contributed by atoms with Crippen molar-refractivity contribution in [2.75, 3.05) is 0 Å². The van der Waals surface area contributed by atoms with Crippen molar-refractivity contribution in [3.8, 4) is 0 Å². The third-order valence-electron chi connectivity index (χ3n) is 2.12. The van der Waals surface area contributed by atoms with Gasteiger partial charge in [0.1, 0.15) is 6.33 Å². The zero-order chi connectivity index (χ0) is 9.10. The molecule has 0 aliphatic heterocycles. The first-order chi connectivity index (χ1) is 6.36. The fourth-order valence-electron chi connectivity index (χ4n) is 1.06. The quantitative estimate of drug-likeness (QED) is 0.648. The SMILES string of the molecule is Cn1ncnc1CON=C1CCC1. The first-order valence-corrected chi connectivity index (χ1v) is 4.37. The van der Waals surface area contributed by atoms with E-state index in [4.69, 9.17) is 4.84 Å². The van der Waals surface area contributed by atoms with E-state index >= 15 is 0 Å². The van der Waals surface area contributed by atoms with Crippen LogP contribution in [-0.2, 0) is 18.5 Å². The molecular formula is C8H12N4O. The first-order valence-electron chi connectivity index (χ1n) is 4.37. The predicted octanol–water partition coefficient (Wildman–Crippen LogP) is 0.872. The van der Waals surface area contributed by atoms with Gasteiger partial charge in [-0.3, -0.25) is 0 Å². The molecule has 0 bridgehead atoms. The monoisotopic (exact) mass is 180 g/mol. The van der Waals surface area contributed by atoms with Crippen molar-refractivity contribution in [3.05, 3.63) is 12.2 Å². The van der Waals surface area contributed by atoms with Crippen LogP contribution in [0.2, 0.25) is 0 Å². The summed E-state index contributed by atoms with van der Waals surface area (Å²) in [5.41, 5.74) is 1.15. The number of hydrogen-bond donors (Lipinski definition) is 0. The molecule has 0 radical (unpaired) electrons. The molecule has 70 valence electrons. The Morgan fingerprint density at radius 3 is 3.00 bits per heavy atom. The molecule has 0 aromatic carbocycles. The van der Waals surface area contributed by atoms with Crippen LogP contribution in [0.3, 0.4) is 0 Å². The molecular weight excluding hydrogens is 168 g/mol. The number of rotatable bonds is 3. The van der Waals surface area contributed by atoms with Gasteiger partial charge >= 0.3 is 0 Å². The van der Waals surface area contributed by atoms with Crippen LogP contribution in [0.4, 0.5) is 0 Å².